The predicted octanol–water partition coefficient (Wildman–Crippen LogP) is 0.871. The van der Waals surface area contributed by atoms with Gasteiger partial charge in [0.15, 0.2) is 0 Å². The number of urea groups is 1. The van der Waals surface area contributed by atoms with E-state index in [0.29, 0.717) is 25.3 Å². The summed E-state index contributed by atoms with van der Waals surface area (Å²) in [6.45, 7) is 1.11. The van der Waals surface area contributed by atoms with Crippen LogP contribution in [-0.2, 0) is 9.53 Å². The third-order valence-electron chi connectivity index (χ3n) is 2.40. The maximum absolute atomic E-state index is 11.7. The fourth-order valence-corrected chi connectivity index (χ4v) is 1.77. The SMILES string of the molecule is COCCCN(C)C(=O)NC(CCSC)C(=O)O. The summed E-state index contributed by atoms with van der Waals surface area (Å²) in [6, 6.07) is -1.19. The van der Waals surface area contributed by atoms with Gasteiger partial charge in [0.1, 0.15) is 6.04 Å². The first-order valence-electron chi connectivity index (χ1n) is 5.75. The van der Waals surface area contributed by atoms with Crippen LogP contribution in [0.4, 0.5) is 4.79 Å². The molecule has 0 aliphatic carbocycles. The van der Waals surface area contributed by atoms with Crippen LogP contribution in [0.15, 0.2) is 0 Å². The molecule has 0 aromatic heterocycles. The van der Waals surface area contributed by atoms with E-state index in [1.807, 2.05) is 6.26 Å². The van der Waals surface area contributed by atoms with E-state index in [9.17, 15) is 9.59 Å². The maximum Gasteiger partial charge on any atom is 0.326 e. The molecule has 1 atom stereocenters. The number of rotatable bonds is 9. The Morgan fingerprint density at radius 3 is 2.67 bits per heavy atom. The lowest BCUT2D eigenvalue weighted by Crippen LogP contribution is -2.47. The number of hydrogen-bond donors (Lipinski definition) is 2. The minimum Gasteiger partial charge on any atom is -0.480 e. The Morgan fingerprint density at radius 1 is 1.50 bits per heavy atom. The topological polar surface area (TPSA) is 78.9 Å². The quantitative estimate of drug-likeness (QED) is 0.612. The summed E-state index contributed by atoms with van der Waals surface area (Å²) in [5.74, 6) is -0.298. The van der Waals surface area contributed by atoms with E-state index in [-0.39, 0.29) is 6.03 Å². The highest BCUT2D eigenvalue weighted by Crippen LogP contribution is 2.02. The Morgan fingerprint density at radius 2 is 2.17 bits per heavy atom. The normalized spacial score (nSPS) is 11.9. The third-order valence-corrected chi connectivity index (χ3v) is 3.04. The van der Waals surface area contributed by atoms with Crippen LogP contribution in [0, 0.1) is 0 Å². The fourth-order valence-electron chi connectivity index (χ4n) is 1.30. The molecule has 0 aliphatic heterocycles. The minimum absolute atomic E-state index is 0.361. The molecule has 106 valence electrons. The first-order chi connectivity index (χ1) is 8.52. The van der Waals surface area contributed by atoms with Gasteiger partial charge in [0.05, 0.1) is 0 Å². The minimum atomic E-state index is -0.998. The summed E-state index contributed by atoms with van der Waals surface area (Å²) in [6.07, 6.45) is 3.05. The standard InChI is InChI=1S/C11H22N2O4S/c1-13(6-4-7-17-2)11(16)12-9(10(14)15)5-8-18-3/h9H,4-8H2,1-3H3,(H,12,16)(H,14,15). The van der Waals surface area contributed by atoms with Gasteiger partial charge in [0.2, 0.25) is 0 Å². The number of hydrogen-bond acceptors (Lipinski definition) is 4. The number of carbonyl (C=O) groups excluding carboxylic acids is 1. The Balaban J connectivity index is 4.10. The highest BCUT2D eigenvalue weighted by atomic mass is 32.2. The molecular weight excluding hydrogens is 256 g/mol. The zero-order chi connectivity index (χ0) is 14.0. The molecule has 0 spiro atoms. The average molecular weight is 278 g/mol. The number of carbonyl (C=O) groups is 2. The molecule has 0 rings (SSSR count). The lowest BCUT2D eigenvalue weighted by molar-refractivity contribution is -0.139. The summed E-state index contributed by atoms with van der Waals surface area (Å²) in [4.78, 5) is 24.1. The van der Waals surface area contributed by atoms with Crippen LogP contribution >= 0.6 is 11.8 Å². The van der Waals surface area contributed by atoms with Gasteiger partial charge in [-0.3, -0.25) is 0 Å². The van der Waals surface area contributed by atoms with E-state index in [0.717, 1.165) is 6.42 Å². The number of nitrogens with zero attached hydrogens (tertiary/aromatic N) is 1. The number of methoxy groups -OCH3 is 1. The molecule has 0 aromatic rings. The number of nitrogens with one attached hydrogen (secondary N) is 1. The maximum atomic E-state index is 11.7. The van der Waals surface area contributed by atoms with Crippen molar-refractivity contribution >= 4 is 23.8 Å². The predicted molar refractivity (Wildman–Crippen MR) is 72.1 cm³/mol. The van der Waals surface area contributed by atoms with Gasteiger partial charge in [0.25, 0.3) is 0 Å². The number of carboxylic acid groups (broad SMARTS) is 1. The number of amides is 2. The van der Waals surface area contributed by atoms with E-state index in [1.54, 1.807) is 25.9 Å². The van der Waals surface area contributed by atoms with Gasteiger partial charge in [0, 0.05) is 27.3 Å². The van der Waals surface area contributed by atoms with Crippen molar-refractivity contribution in [2.45, 2.75) is 18.9 Å². The molecule has 1 unspecified atom stereocenters. The molecule has 0 fully saturated rings. The van der Waals surface area contributed by atoms with Crippen LogP contribution in [0.1, 0.15) is 12.8 Å². The first-order valence-corrected chi connectivity index (χ1v) is 7.14. The van der Waals surface area contributed by atoms with Crippen molar-refractivity contribution in [1.82, 2.24) is 10.2 Å². The van der Waals surface area contributed by atoms with Crippen molar-refractivity contribution in [2.24, 2.45) is 0 Å². The molecule has 0 heterocycles. The molecule has 0 aliphatic rings. The summed E-state index contributed by atoms with van der Waals surface area (Å²) in [5, 5.41) is 11.5. The molecule has 2 N–H and O–H groups in total. The molecule has 2 amide bonds. The van der Waals surface area contributed by atoms with Crippen molar-refractivity contribution in [2.75, 3.05) is 39.3 Å². The average Bonchev–Trinajstić information content (AvgIpc) is 2.33. The van der Waals surface area contributed by atoms with Gasteiger partial charge >= 0.3 is 12.0 Å². The molecule has 0 aromatic carbocycles. The molecule has 0 saturated heterocycles. The Bertz CT molecular complexity index is 263. The largest absolute Gasteiger partial charge is 0.480 e. The smallest absolute Gasteiger partial charge is 0.326 e. The molecule has 7 heteroatoms. The van der Waals surface area contributed by atoms with E-state index in [2.05, 4.69) is 5.32 Å². The number of thioether (sulfide) groups is 1. The van der Waals surface area contributed by atoms with E-state index < -0.39 is 12.0 Å². The first kappa shape index (κ1) is 17.1. The van der Waals surface area contributed by atoms with Crippen molar-refractivity contribution in [1.29, 1.82) is 0 Å². The number of aliphatic carboxylic acids is 1. The Labute approximate surface area is 112 Å². The van der Waals surface area contributed by atoms with Crippen molar-refractivity contribution < 1.29 is 19.4 Å². The van der Waals surface area contributed by atoms with Gasteiger partial charge in [-0.2, -0.15) is 11.8 Å². The van der Waals surface area contributed by atoms with Crippen LogP contribution in [0.25, 0.3) is 0 Å². The Hall–Kier alpha value is -0.950. The third kappa shape index (κ3) is 7.39. The van der Waals surface area contributed by atoms with Crippen LogP contribution in [0.2, 0.25) is 0 Å². The van der Waals surface area contributed by atoms with Crippen molar-refractivity contribution in [3.8, 4) is 0 Å². The monoisotopic (exact) mass is 278 g/mol. The summed E-state index contributed by atoms with van der Waals surface area (Å²) in [5.41, 5.74) is 0. The van der Waals surface area contributed by atoms with E-state index >= 15 is 0 Å². The molecular formula is C11H22N2O4S. The lowest BCUT2D eigenvalue weighted by Gasteiger charge is -2.21. The summed E-state index contributed by atoms with van der Waals surface area (Å²) >= 11 is 1.55. The van der Waals surface area contributed by atoms with E-state index in [1.165, 1.54) is 4.90 Å². The molecule has 6 nitrogen and oxygen atoms in total. The summed E-state index contributed by atoms with van der Waals surface area (Å²) in [7, 11) is 3.24. The fraction of sp³-hybridized carbons (Fsp3) is 0.818. The highest BCUT2D eigenvalue weighted by molar-refractivity contribution is 7.98. The molecule has 0 radical (unpaired) electrons. The van der Waals surface area contributed by atoms with Crippen LogP contribution in [-0.4, -0.2) is 67.4 Å². The van der Waals surface area contributed by atoms with Gasteiger partial charge in [-0.25, -0.2) is 9.59 Å². The molecule has 0 saturated carbocycles. The lowest BCUT2D eigenvalue weighted by atomic mass is 10.2. The van der Waals surface area contributed by atoms with Gasteiger partial charge in [-0.15, -0.1) is 0 Å². The number of carboxylic acids is 1. The van der Waals surface area contributed by atoms with E-state index in [4.69, 9.17) is 9.84 Å². The van der Waals surface area contributed by atoms with Gasteiger partial charge in [-0.05, 0) is 24.9 Å². The Kier molecular flexibility index (Phi) is 9.49. The second-order valence-electron chi connectivity index (χ2n) is 3.89. The zero-order valence-electron chi connectivity index (χ0n) is 11.1. The zero-order valence-corrected chi connectivity index (χ0v) is 12.0. The molecule has 0 bridgehead atoms. The van der Waals surface area contributed by atoms with Gasteiger partial charge < -0.3 is 20.1 Å². The van der Waals surface area contributed by atoms with Crippen LogP contribution in [0.5, 0.6) is 0 Å². The summed E-state index contributed by atoms with van der Waals surface area (Å²) < 4.78 is 4.89. The highest BCUT2D eigenvalue weighted by Gasteiger charge is 2.20. The number of ether oxygens (including phenoxy) is 1. The van der Waals surface area contributed by atoms with Crippen LogP contribution < -0.4 is 5.32 Å². The van der Waals surface area contributed by atoms with Gasteiger partial charge in [-0.1, -0.05) is 0 Å². The second kappa shape index (κ2) is 10.0. The second-order valence-corrected chi connectivity index (χ2v) is 4.88. The molecule has 18 heavy (non-hydrogen) atoms. The van der Waals surface area contributed by atoms with Crippen molar-refractivity contribution in [3.63, 3.8) is 0 Å². The van der Waals surface area contributed by atoms with Crippen LogP contribution in [0.3, 0.4) is 0 Å². The van der Waals surface area contributed by atoms with Crippen molar-refractivity contribution in [3.05, 3.63) is 0 Å².